The molecule has 10 heteroatoms. The summed E-state index contributed by atoms with van der Waals surface area (Å²) >= 11 is 13.8. The van der Waals surface area contributed by atoms with E-state index in [1.165, 1.54) is 11.8 Å². The molecule has 140 valence electrons. The Morgan fingerprint density at radius 3 is 2.85 bits per heavy atom. The van der Waals surface area contributed by atoms with Crippen LogP contribution in [0.25, 0.3) is 0 Å². The predicted molar refractivity (Wildman–Crippen MR) is 104 cm³/mol. The monoisotopic (exact) mass is 434 g/mol. The molecule has 26 heavy (non-hydrogen) atoms. The van der Waals surface area contributed by atoms with Crippen molar-refractivity contribution < 1.29 is 17.9 Å². The van der Waals surface area contributed by atoms with E-state index in [2.05, 4.69) is 4.99 Å². The highest BCUT2D eigenvalue weighted by atomic mass is 35.5. The third-order valence-corrected chi connectivity index (χ3v) is 8.69. The van der Waals surface area contributed by atoms with Crippen molar-refractivity contribution in [2.75, 3.05) is 23.0 Å². The molecule has 0 spiro atoms. The summed E-state index contributed by atoms with van der Waals surface area (Å²) < 4.78 is 29.6. The molecular weight excluding hydrogens is 419 g/mol. The van der Waals surface area contributed by atoms with Crippen LogP contribution in [0.15, 0.2) is 23.2 Å². The van der Waals surface area contributed by atoms with Gasteiger partial charge in [0, 0.05) is 11.9 Å². The first-order valence-corrected chi connectivity index (χ1v) is 11.7. The smallest absolute Gasteiger partial charge is 0.277 e. The minimum Gasteiger partial charge on any atom is -0.368 e. The summed E-state index contributed by atoms with van der Waals surface area (Å²) in [6.07, 6.45) is 0.963. The van der Waals surface area contributed by atoms with E-state index >= 15 is 0 Å². The number of carbonyl (C=O) groups is 1. The Bertz CT molecular complexity index is 884. The molecule has 1 amide bonds. The fraction of sp³-hybridized carbons (Fsp3) is 0.500. The second kappa shape index (κ2) is 6.98. The van der Waals surface area contributed by atoms with Gasteiger partial charge in [0.25, 0.3) is 5.91 Å². The Labute approximate surface area is 165 Å². The lowest BCUT2D eigenvalue weighted by molar-refractivity contribution is -0.126. The van der Waals surface area contributed by atoms with E-state index < -0.39 is 15.9 Å². The Kier molecular flexibility index (Phi) is 4.98. The predicted octanol–water partition coefficient (Wildman–Crippen LogP) is 2.77. The number of anilines is 1. The highest BCUT2D eigenvalue weighted by Crippen LogP contribution is 2.44. The van der Waals surface area contributed by atoms with E-state index in [0.29, 0.717) is 33.9 Å². The van der Waals surface area contributed by atoms with Crippen molar-refractivity contribution >= 4 is 61.6 Å². The van der Waals surface area contributed by atoms with Gasteiger partial charge < -0.3 is 9.64 Å². The van der Waals surface area contributed by atoms with Crippen LogP contribution in [-0.2, 0) is 19.4 Å². The maximum absolute atomic E-state index is 12.4. The first-order chi connectivity index (χ1) is 12.4. The van der Waals surface area contributed by atoms with Crippen molar-refractivity contribution in [3.63, 3.8) is 0 Å². The largest absolute Gasteiger partial charge is 0.368 e. The molecular formula is C16H16Cl2N2O4S2. The molecule has 3 aliphatic heterocycles. The summed E-state index contributed by atoms with van der Waals surface area (Å²) in [6, 6.07) is 4.84. The number of rotatable bonds is 2. The third-order valence-electron chi connectivity index (χ3n) is 4.67. The van der Waals surface area contributed by atoms with Gasteiger partial charge >= 0.3 is 0 Å². The molecule has 6 nitrogen and oxygen atoms in total. The normalized spacial score (nSPS) is 31.5. The zero-order valence-electron chi connectivity index (χ0n) is 13.6. The van der Waals surface area contributed by atoms with Crippen molar-refractivity contribution in [3.05, 3.63) is 28.2 Å². The van der Waals surface area contributed by atoms with Crippen LogP contribution in [0.4, 0.5) is 5.69 Å². The molecule has 1 aromatic rings. The lowest BCUT2D eigenvalue weighted by atomic mass is 10.2. The van der Waals surface area contributed by atoms with Gasteiger partial charge in [-0.25, -0.2) is 8.42 Å². The highest BCUT2D eigenvalue weighted by Gasteiger charge is 2.50. The number of aliphatic imine (C=N–C) groups is 1. The number of sulfone groups is 1. The molecule has 4 rings (SSSR count). The summed E-state index contributed by atoms with van der Waals surface area (Å²) in [6.45, 7) is 0.557. The maximum atomic E-state index is 12.4. The zero-order valence-corrected chi connectivity index (χ0v) is 16.7. The number of thioether (sulfide) groups is 1. The number of carbonyl (C=O) groups excluding carboxylic acids is 1. The summed E-state index contributed by atoms with van der Waals surface area (Å²) in [5, 5.41) is 0.950. The van der Waals surface area contributed by atoms with E-state index in [1.807, 2.05) is 0 Å². The summed E-state index contributed by atoms with van der Waals surface area (Å²) in [7, 11) is -3.14. The molecule has 0 aromatic heterocycles. The van der Waals surface area contributed by atoms with Crippen molar-refractivity contribution in [2.45, 2.75) is 30.2 Å². The fourth-order valence-corrected chi connectivity index (χ4v) is 7.76. The van der Waals surface area contributed by atoms with Crippen molar-refractivity contribution in [1.82, 2.24) is 0 Å². The molecule has 3 saturated heterocycles. The Morgan fingerprint density at radius 1 is 1.31 bits per heavy atom. The standard InChI is InChI=1S/C16H16Cl2N2O4S2/c17-9-3-1-4-10(14(9)18)20-11-7-26(22,23)8-13(11)25-16(20)19-15(21)12-5-2-6-24-12/h1,3-4,11-13H,2,5-8H2/t11-,12-,13-/m1/s1. The molecule has 3 atom stereocenters. The number of hydrogen-bond donors (Lipinski definition) is 0. The van der Waals surface area contributed by atoms with Crippen molar-refractivity contribution in [2.24, 2.45) is 4.99 Å². The topological polar surface area (TPSA) is 76.0 Å². The number of hydrogen-bond acceptors (Lipinski definition) is 5. The van der Waals surface area contributed by atoms with E-state index in [0.717, 1.165) is 6.42 Å². The highest BCUT2D eigenvalue weighted by molar-refractivity contribution is 8.16. The van der Waals surface area contributed by atoms with Crippen LogP contribution in [0.1, 0.15) is 12.8 Å². The Morgan fingerprint density at radius 2 is 2.12 bits per heavy atom. The summed E-state index contributed by atoms with van der Waals surface area (Å²) in [5.74, 6) is -0.277. The van der Waals surface area contributed by atoms with Gasteiger partial charge in [-0.1, -0.05) is 41.0 Å². The van der Waals surface area contributed by atoms with Crippen LogP contribution in [0.5, 0.6) is 0 Å². The van der Waals surface area contributed by atoms with Gasteiger partial charge in [-0.05, 0) is 25.0 Å². The second-order valence-corrected chi connectivity index (χ2v) is 10.6. The van der Waals surface area contributed by atoms with Crippen molar-refractivity contribution in [1.29, 1.82) is 0 Å². The minimum atomic E-state index is -3.14. The summed E-state index contributed by atoms with van der Waals surface area (Å²) in [4.78, 5) is 18.5. The maximum Gasteiger partial charge on any atom is 0.277 e. The Balaban J connectivity index is 1.73. The number of amides is 1. The van der Waals surface area contributed by atoms with Gasteiger partial charge in [0.05, 0.1) is 33.3 Å². The molecule has 3 heterocycles. The fourth-order valence-electron chi connectivity index (χ4n) is 3.46. The van der Waals surface area contributed by atoms with E-state index in [-0.39, 0.29) is 28.7 Å². The van der Waals surface area contributed by atoms with Gasteiger partial charge in [-0.15, -0.1) is 0 Å². The quantitative estimate of drug-likeness (QED) is 0.711. The number of fused-ring (bicyclic) bond motifs is 1. The van der Waals surface area contributed by atoms with Crippen LogP contribution < -0.4 is 4.90 Å². The lowest BCUT2D eigenvalue weighted by Crippen LogP contribution is -2.38. The van der Waals surface area contributed by atoms with Crippen LogP contribution in [0.2, 0.25) is 10.0 Å². The first kappa shape index (κ1) is 18.6. The van der Waals surface area contributed by atoms with E-state index in [4.69, 9.17) is 27.9 Å². The van der Waals surface area contributed by atoms with Crippen LogP contribution in [0.3, 0.4) is 0 Å². The van der Waals surface area contributed by atoms with Crippen LogP contribution >= 0.6 is 35.0 Å². The molecule has 0 N–H and O–H groups in total. The van der Waals surface area contributed by atoms with E-state index in [1.54, 1.807) is 23.1 Å². The first-order valence-electron chi connectivity index (χ1n) is 8.20. The van der Waals surface area contributed by atoms with Gasteiger partial charge in [0.2, 0.25) is 0 Å². The number of ether oxygens (including phenoxy) is 1. The summed E-state index contributed by atoms with van der Waals surface area (Å²) in [5.41, 5.74) is 0.565. The molecule has 1 aromatic carbocycles. The van der Waals surface area contributed by atoms with Crippen molar-refractivity contribution in [3.8, 4) is 0 Å². The third kappa shape index (κ3) is 3.38. The Hall–Kier alpha value is -0.800. The number of amidine groups is 1. The average Bonchev–Trinajstić information content (AvgIpc) is 3.25. The van der Waals surface area contributed by atoms with Gasteiger partial charge in [0.1, 0.15) is 6.10 Å². The molecule has 0 radical (unpaired) electrons. The lowest BCUT2D eigenvalue weighted by Gasteiger charge is -2.26. The van der Waals surface area contributed by atoms with Crippen LogP contribution in [0, 0.1) is 0 Å². The van der Waals surface area contributed by atoms with E-state index in [9.17, 15) is 13.2 Å². The van der Waals surface area contributed by atoms with Gasteiger partial charge in [-0.2, -0.15) is 4.99 Å². The molecule has 3 fully saturated rings. The SMILES string of the molecule is O=C(N=C1S[C@@H]2CS(=O)(=O)C[C@H]2N1c1cccc(Cl)c1Cl)[C@H]1CCCO1. The number of halogens is 2. The molecule has 0 bridgehead atoms. The number of nitrogens with zero attached hydrogens (tertiary/aromatic N) is 2. The zero-order chi connectivity index (χ0) is 18.5. The molecule has 3 aliphatic rings. The number of benzene rings is 1. The minimum absolute atomic E-state index is 0.000643. The van der Waals surface area contributed by atoms with Gasteiger partial charge in [0.15, 0.2) is 15.0 Å². The molecule has 0 unspecified atom stereocenters. The second-order valence-electron chi connectivity index (χ2n) is 6.48. The molecule has 0 saturated carbocycles. The van der Waals surface area contributed by atoms with Crippen LogP contribution in [-0.4, -0.2) is 55.0 Å². The van der Waals surface area contributed by atoms with Gasteiger partial charge in [-0.3, -0.25) is 4.79 Å². The average molecular weight is 435 g/mol. The molecule has 0 aliphatic carbocycles.